The highest BCUT2D eigenvalue weighted by Gasteiger charge is 2.83. The number of carbonyl (C=O) groups excluding carboxylic acids is 3. The zero-order valence-corrected chi connectivity index (χ0v) is 33.3. The Bertz CT molecular complexity index is 1330. The monoisotopic (exact) mass is 716 g/mol. The molecule has 4 fully saturated rings. The maximum atomic E-state index is 14.7. The van der Waals surface area contributed by atoms with E-state index < -0.39 is 75.1 Å². The van der Waals surface area contributed by atoms with Crippen molar-refractivity contribution in [1.82, 2.24) is 0 Å². The molecule has 0 unspecified atom stereocenters. The van der Waals surface area contributed by atoms with E-state index in [4.69, 9.17) is 27.8 Å². The highest BCUT2D eigenvalue weighted by molar-refractivity contribution is 6.74. The van der Waals surface area contributed by atoms with Gasteiger partial charge in [-0.1, -0.05) is 78.8 Å². The third-order valence-corrected chi connectivity index (χ3v) is 23.1. The zero-order chi connectivity index (χ0) is 35.8. The first-order valence-electron chi connectivity index (χ1n) is 18.8. The molecule has 1 aromatic rings. The second kappa shape index (κ2) is 14.6. The standard InChI is InChI=1S/C38H60O9Si2/c1-10-48(11-2,12-3)46-29-23-30(47-49(13-4,14-5)15-6)37-25-45-38(35(41)43-9,44-24-27-19-17-16-18-20-27)32(37)26(7)31(39)28-21-22-36(29,33(28)37)34(40)42-8/h16-20,26,28-30,32-33H,10-15,21-25H2,1-9H3/t26-,28-,29+,30-,32-,33-,36-,37+,38-/m0/s1. The van der Waals surface area contributed by atoms with Crippen LogP contribution in [0.4, 0.5) is 0 Å². The third-order valence-electron chi connectivity index (χ3n) is 13.8. The molecule has 1 spiro atoms. The number of ether oxygens (including phenoxy) is 4. The first kappa shape index (κ1) is 38.3. The van der Waals surface area contributed by atoms with Gasteiger partial charge >= 0.3 is 11.9 Å². The van der Waals surface area contributed by atoms with E-state index in [1.807, 2.05) is 37.3 Å². The van der Waals surface area contributed by atoms with Gasteiger partial charge in [0, 0.05) is 23.2 Å². The van der Waals surface area contributed by atoms with E-state index >= 15 is 0 Å². The Balaban J connectivity index is 1.77. The van der Waals surface area contributed by atoms with Gasteiger partial charge in [-0.2, -0.15) is 0 Å². The van der Waals surface area contributed by atoms with Gasteiger partial charge in [0.05, 0.1) is 45.1 Å². The fourth-order valence-corrected chi connectivity index (χ4v) is 16.6. The van der Waals surface area contributed by atoms with Crippen LogP contribution < -0.4 is 0 Å². The van der Waals surface area contributed by atoms with Gasteiger partial charge in [-0.15, -0.1) is 0 Å². The second-order valence-electron chi connectivity index (χ2n) is 15.1. The number of carbonyl (C=O) groups is 3. The molecule has 0 radical (unpaired) electrons. The number of benzene rings is 1. The molecule has 3 aliphatic carbocycles. The Labute approximate surface area is 295 Å². The Morgan fingerprint density at radius 3 is 1.90 bits per heavy atom. The van der Waals surface area contributed by atoms with Gasteiger partial charge in [-0.3, -0.25) is 9.59 Å². The van der Waals surface area contributed by atoms with E-state index in [2.05, 4.69) is 41.5 Å². The van der Waals surface area contributed by atoms with E-state index in [9.17, 15) is 14.4 Å². The highest BCUT2D eigenvalue weighted by atomic mass is 28.4. The number of ketones is 1. The maximum Gasteiger partial charge on any atom is 0.366 e. The first-order chi connectivity index (χ1) is 23.4. The molecule has 11 heteroatoms. The number of rotatable bonds is 15. The van der Waals surface area contributed by atoms with Crippen LogP contribution in [-0.4, -0.2) is 73.2 Å². The molecule has 1 heterocycles. The third kappa shape index (κ3) is 5.73. The predicted octanol–water partition coefficient (Wildman–Crippen LogP) is 7.29. The van der Waals surface area contributed by atoms with Gasteiger partial charge in [0.1, 0.15) is 5.78 Å². The minimum atomic E-state index is -2.29. The molecule has 0 amide bonds. The van der Waals surface area contributed by atoms with Gasteiger partial charge in [-0.25, -0.2) is 4.79 Å². The van der Waals surface area contributed by atoms with Crippen LogP contribution in [0.2, 0.25) is 36.3 Å². The summed E-state index contributed by atoms with van der Waals surface area (Å²) >= 11 is 0. The smallest absolute Gasteiger partial charge is 0.366 e. The molecule has 3 saturated carbocycles. The SMILES string of the molecule is CC[Si](CC)(CC)O[C@H]1C[C@@H](O[Si](CC)(CC)CC)[C@@]2(C(=O)OC)CC[C@H]3C(=O)[C@H](C)[C@@H]4[C@@](OCc5ccccc5)(C(=O)OC)OC[C@@]14[C@@H]32. The molecule has 0 bridgehead atoms. The molecular formula is C38H60O9Si2. The summed E-state index contributed by atoms with van der Waals surface area (Å²) in [6.45, 7) is 15.3. The molecule has 9 nitrogen and oxygen atoms in total. The summed E-state index contributed by atoms with van der Waals surface area (Å²) in [5.74, 6) is -5.11. The summed E-state index contributed by atoms with van der Waals surface area (Å²) in [7, 11) is -1.77. The Hall–Kier alpha value is -1.90. The van der Waals surface area contributed by atoms with Crippen molar-refractivity contribution in [3.63, 3.8) is 0 Å². The number of methoxy groups -OCH3 is 2. The second-order valence-corrected chi connectivity index (χ2v) is 24.5. The van der Waals surface area contributed by atoms with Crippen molar-refractivity contribution in [1.29, 1.82) is 0 Å². The van der Waals surface area contributed by atoms with Crippen molar-refractivity contribution >= 4 is 34.4 Å². The molecule has 0 N–H and O–H groups in total. The van der Waals surface area contributed by atoms with Crippen LogP contribution in [0.1, 0.15) is 73.3 Å². The quantitative estimate of drug-likeness (QED) is 0.137. The van der Waals surface area contributed by atoms with Crippen molar-refractivity contribution in [3.05, 3.63) is 35.9 Å². The van der Waals surface area contributed by atoms with E-state index in [0.717, 1.165) is 41.8 Å². The number of hydrogen-bond acceptors (Lipinski definition) is 9. The average Bonchev–Trinajstić information content (AvgIpc) is 3.72. The van der Waals surface area contributed by atoms with E-state index in [1.165, 1.54) is 14.2 Å². The van der Waals surface area contributed by atoms with Crippen LogP contribution in [0, 0.1) is 34.5 Å². The van der Waals surface area contributed by atoms with Gasteiger partial charge in [-0.05, 0) is 67.0 Å². The van der Waals surface area contributed by atoms with Crippen LogP contribution in [-0.2, 0) is 48.8 Å². The zero-order valence-electron chi connectivity index (χ0n) is 31.3. The molecule has 9 atom stereocenters. The highest BCUT2D eigenvalue weighted by Crippen LogP contribution is 2.73. The van der Waals surface area contributed by atoms with E-state index in [-0.39, 0.29) is 25.0 Å². The van der Waals surface area contributed by atoms with Crippen molar-refractivity contribution in [3.8, 4) is 0 Å². The maximum absolute atomic E-state index is 14.7. The summed E-state index contributed by atoms with van der Waals surface area (Å²) in [6.07, 6.45) is 0.608. The van der Waals surface area contributed by atoms with Crippen LogP contribution >= 0.6 is 0 Å². The van der Waals surface area contributed by atoms with Crippen LogP contribution in [0.25, 0.3) is 0 Å². The van der Waals surface area contributed by atoms with E-state index in [0.29, 0.717) is 19.3 Å². The minimum absolute atomic E-state index is 0.0351. The van der Waals surface area contributed by atoms with Gasteiger partial charge in [0.2, 0.25) is 0 Å². The molecule has 4 aliphatic rings. The Morgan fingerprint density at radius 2 is 1.37 bits per heavy atom. The molecule has 274 valence electrons. The lowest BCUT2D eigenvalue weighted by atomic mass is 9.43. The van der Waals surface area contributed by atoms with Crippen molar-refractivity contribution in [2.45, 2.75) is 129 Å². The normalized spacial score (nSPS) is 35.5. The lowest BCUT2D eigenvalue weighted by molar-refractivity contribution is -0.261. The van der Waals surface area contributed by atoms with Crippen molar-refractivity contribution in [2.24, 2.45) is 34.5 Å². The Kier molecular flexibility index (Phi) is 11.4. The van der Waals surface area contributed by atoms with Crippen LogP contribution in [0.5, 0.6) is 0 Å². The molecule has 1 aliphatic heterocycles. The largest absolute Gasteiger partial charge is 0.469 e. The van der Waals surface area contributed by atoms with E-state index in [1.54, 1.807) is 0 Å². The minimum Gasteiger partial charge on any atom is -0.469 e. The van der Waals surface area contributed by atoms with Crippen molar-refractivity contribution < 1.29 is 42.2 Å². The summed E-state index contributed by atoms with van der Waals surface area (Å²) in [4.78, 5) is 43.5. The molecule has 1 saturated heterocycles. The first-order valence-corrected chi connectivity index (χ1v) is 23.9. The molecule has 0 aromatic heterocycles. The predicted molar refractivity (Wildman–Crippen MR) is 191 cm³/mol. The summed E-state index contributed by atoms with van der Waals surface area (Å²) < 4.78 is 39.7. The van der Waals surface area contributed by atoms with Crippen molar-refractivity contribution in [2.75, 3.05) is 20.8 Å². The Morgan fingerprint density at radius 1 is 0.816 bits per heavy atom. The summed E-state index contributed by atoms with van der Waals surface area (Å²) in [5.41, 5.74) is -1.12. The number of hydrogen-bond donors (Lipinski definition) is 0. The summed E-state index contributed by atoms with van der Waals surface area (Å²) in [5, 5.41) is 0. The van der Waals surface area contributed by atoms with Gasteiger partial charge in [0.15, 0.2) is 16.6 Å². The van der Waals surface area contributed by atoms with Gasteiger partial charge < -0.3 is 27.8 Å². The topological polar surface area (TPSA) is 107 Å². The molecular weight excluding hydrogens is 657 g/mol. The van der Waals surface area contributed by atoms with Crippen LogP contribution in [0.3, 0.4) is 0 Å². The molecule has 1 aromatic carbocycles. The summed E-state index contributed by atoms with van der Waals surface area (Å²) in [6, 6.07) is 15.2. The number of esters is 2. The lowest BCUT2D eigenvalue weighted by Gasteiger charge is -2.63. The van der Waals surface area contributed by atoms with Gasteiger partial charge in [0.25, 0.3) is 5.79 Å². The lowest BCUT2D eigenvalue weighted by Crippen LogP contribution is -2.73. The molecule has 5 rings (SSSR count). The van der Waals surface area contributed by atoms with Crippen LogP contribution in [0.15, 0.2) is 30.3 Å². The average molecular weight is 717 g/mol. The number of Topliss-reactive ketones (excluding diaryl/α,β-unsaturated/α-hetero) is 1. The fourth-order valence-electron chi connectivity index (χ4n) is 10.8. The molecule has 49 heavy (non-hydrogen) atoms. The fraction of sp³-hybridized carbons (Fsp3) is 0.763.